The molecule has 50 valence electrons. The van der Waals surface area contributed by atoms with E-state index in [1.165, 1.54) is 6.42 Å². The number of nitrogens with one attached hydrogen (secondary N) is 1. The van der Waals surface area contributed by atoms with Crippen LogP contribution < -0.4 is 5.32 Å². The molecule has 0 aliphatic heterocycles. The summed E-state index contributed by atoms with van der Waals surface area (Å²) in [5.74, 6) is 0.593. The van der Waals surface area contributed by atoms with Crippen molar-refractivity contribution in [2.24, 2.45) is 0 Å². The Labute approximate surface area is 54.4 Å². The van der Waals surface area contributed by atoms with Gasteiger partial charge in [-0.25, -0.2) is 0 Å². The molecule has 1 N–H and O–H groups in total. The zero-order chi connectivity index (χ0) is 6.57. The molecule has 2 heteroatoms. The summed E-state index contributed by atoms with van der Waals surface area (Å²) in [6.07, 6.45) is 1.18. The Hall–Kier alpha value is 0.390. The highest BCUT2D eigenvalue weighted by Crippen LogP contribution is 2.00. The van der Waals surface area contributed by atoms with Gasteiger partial charge in [-0.1, -0.05) is 20.8 Å². The monoisotopic (exact) mass is 133 g/mol. The van der Waals surface area contributed by atoms with Crippen LogP contribution in [0, 0.1) is 0 Å². The lowest BCUT2D eigenvalue weighted by molar-refractivity contribution is 0.553. The molecule has 8 heavy (non-hydrogen) atoms. The molecule has 0 amide bonds. The van der Waals surface area contributed by atoms with E-state index in [1.54, 1.807) is 0 Å². The summed E-state index contributed by atoms with van der Waals surface area (Å²) in [6.45, 7) is 6.49. The Morgan fingerprint density at radius 3 is 2.12 bits per heavy atom. The standard InChI is InChI=1S/C6H16NP/c1-4-6(8)7-5(2)3/h5-7H,4,8H2,1-3H3. The van der Waals surface area contributed by atoms with Gasteiger partial charge in [0, 0.05) is 11.8 Å². The fourth-order valence-corrected chi connectivity index (χ4v) is 0.931. The van der Waals surface area contributed by atoms with Crippen LogP contribution in [0.3, 0.4) is 0 Å². The van der Waals surface area contributed by atoms with E-state index >= 15 is 0 Å². The summed E-state index contributed by atoms with van der Waals surface area (Å²) in [6, 6.07) is 0.609. The summed E-state index contributed by atoms with van der Waals surface area (Å²) in [5, 5.41) is 3.36. The van der Waals surface area contributed by atoms with E-state index < -0.39 is 0 Å². The molecular formula is C6H16NP. The van der Waals surface area contributed by atoms with Crippen LogP contribution in [-0.4, -0.2) is 11.8 Å². The van der Waals surface area contributed by atoms with Gasteiger partial charge in [0.05, 0.1) is 0 Å². The van der Waals surface area contributed by atoms with Crippen molar-refractivity contribution in [1.82, 2.24) is 5.32 Å². The fourth-order valence-electron chi connectivity index (χ4n) is 0.546. The summed E-state index contributed by atoms with van der Waals surface area (Å²) in [4.78, 5) is 0. The van der Waals surface area contributed by atoms with Gasteiger partial charge in [0.2, 0.25) is 0 Å². The van der Waals surface area contributed by atoms with E-state index in [4.69, 9.17) is 0 Å². The minimum absolute atomic E-state index is 0.593. The molecule has 0 aliphatic carbocycles. The summed E-state index contributed by atoms with van der Waals surface area (Å²) >= 11 is 0. The first kappa shape index (κ1) is 8.39. The van der Waals surface area contributed by atoms with Crippen LogP contribution in [-0.2, 0) is 0 Å². The first-order chi connectivity index (χ1) is 3.66. The van der Waals surface area contributed by atoms with E-state index in [0.29, 0.717) is 11.8 Å². The van der Waals surface area contributed by atoms with Crippen LogP contribution in [0.4, 0.5) is 0 Å². The number of hydrogen-bond acceptors (Lipinski definition) is 1. The lowest BCUT2D eigenvalue weighted by atomic mass is 10.3. The molecule has 0 saturated heterocycles. The average Bonchev–Trinajstić information content (AvgIpc) is 1.65. The van der Waals surface area contributed by atoms with Gasteiger partial charge >= 0.3 is 0 Å². The second kappa shape index (κ2) is 4.29. The molecule has 0 rings (SSSR count). The third kappa shape index (κ3) is 4.55. The third-order valence-corrected chi connectivity index (χ3v) is 1.65. The zero-order valence-electron chi connectivity index (χ0n) is 5.94. The maximum absolute atomic E-state index is 3.36. The van der Waals surface area contributed by atoms with Gasteiger partial charge in [-0.05, 0) is 6.42 Å². The molecule has 0 aromatic heterocycles. The van der Waals surface area contributed by atoms with Gasteiger partial charge in [0.1, 0.15) is 0 Å². The number of hydrogen-bond donors (Lipinski definition) is 1. The highest BCUT2D eigenvalue weighted by Gasteiger charge is 1.97. The maximum Gasteiger partial charge on any atom is 0.0211 e. The topological polar surface area (TPSA) is 12.0 Å². The largest absolute Gasteiger partial charge is 0.308 e. The Morgan fingerprint density at radius 1 is 1.50 bits per heavy atom. The van der Waals surface area contributed by atoms with Gasteiger partial charge in [-0.3, -0.25) is 0 Å². The van der Waals surface area contributed by atoms with Crippen molar-refractivity contribution >= 4 is 9.24 Å². The number of rotatable bonds is 3. The first-order valence-corrected chi connectivity index (χ1v) is 3.85. The fraction of sp³-hybridized carbons (Fsp3) is 1.00. The molecule has 0 aliphatic rings. The normalized spacial score (nSPS) is 14.6. The average molecular weight is 133 g/mol. The van der Waals surface area contributed by atoms with Gasteiger partial charge in [-0.15, -0.1) is 9.24 Å². The van der Waals surface area contributed by atoms with Crippen molar-refractivity contribution in [1.29, 1.82) is 0 Å². The Balaban J connectivity index is 3.10. The van der Waals surface area contributed by atoms with Gasteiger partial charge in [0.15, 0.2) is 0 Å². The van der Waals surface area contributed by atoms with Crippen molar-refractivity contribution in [2.45, 2.75) is 39.0 Å². The van der Waals surface area contributed by atoms with Crippen molar-refractivity contribution in [3.63, 3.8) is 0 Å². The van der Waals surface area contributed by atoms with Crippen LogP contribution >= 0.6 is 9.24 Å². The lowest BCUT2D eigenvalue weighted by Gasteiger charge is -2.13. The van der Waals surface area contributed by atoms with Gasteiger partial charge in [0.25, 0.3) is 0 Å². The van der Waals surface area contributed by atoms with Crippen molar-refractivity contribution < 1.29 is 0 Å². The summed E-state index contributed by atoms with van der Waals surface area (Å²) in [5.41, 5.74) is 0. The first-order valence-electron chi connectivity index (χ1n) is 3.18. The van der Waals surface area contributed by atoms with Crippen LogP contribution in [0.1, 0.15) is 27.2 Å². The van der Waals surface area contributed by atoms with Crippen LogP contribution in [0.15, 0.2) is 0 Å². The smallest absolute Gasteiger partial charge is 0.0211 e. The lowest BCUT2D eigenvalue weighted by Crippen LogP contribution is -2.29. The van der Waals surface area contributed by atoms with E-state index in [2.05, 4.69) is 35.3 Å². The highest BCUT2D eigenvalue weighted by molar-refractivity contribution is 7.17. The SMILES string of the molecule is CCC(P)NC(C)C. The Bertz CT molecular complexity index is 54.5. The minimum atomic E-state index is 0.593. The van der Waals surface area contributed by atoms with Gasteiger partial charge < -0.3 is 5.32 Å². The highest BCUT2D eigenvalue weighted by atomic mass is 31.0. The molecule has 0 radical (unpaired) electrons. The van der Waals surface area contributed by atoms with Crippen molar-refractivity contribution in [3.05, 3.63) is 0 Å². The second-order valence-corrected chi connectivity index (χ2v) is 3.14. The van der Waals surface area contributed by atoms with Crippen LogP contribution in [0.2, 0.25) is 0 Å². The van der Waals surface area contributed by atoms with Crippen LogP contribution in [0.5, 0.6) is 0 Å². The van der Waals surface area contributed by atoms with E-state index in [1.807, 2.05) is 0 Å². The maximum atomic E-state index is 3.36. The van der Waals surface area contributed by atoms with Crippen LogP contribution in [0.25, 0.3) is 0 Å². The second-order valence-electron chi connectivity index (χ2n) is 2.34. The molecule has 0 aromatic carbocycles. The van der Waals surface area contributed by atoms with E-state index in [-0.39, 0.29) is 0 Å². The summed E-state index contributed by atoms with van der Waals surface area (Å²) in [7, 11) is 2.77. The molecule has 0 bridgehead atoms. The minimum Gasteiger partial charge on any atom is -0.308 e. The molecule has 0 fully saturated rings. The predicted molar refractivity (Wildman–Crippen MR) is 42.1 cm³/mol. The zero-order valence-corrected chi connectivity index (χ0v) is 7.09. The van der Waals surface area contributed by atoms with Crippen molar-refractivity contribution in [2.75, 3.05) is 0 Å². The molecular weight excluding hydrogens is 117 g/mol. The molecule has 1 nitrogen and oxygen atoms in total. The van der Waals surface area contributed by atoms with E-state index in [0.717, 1.165) is 0 Å². The van der Waals surface area contributed by atoms with Crippen molar-refractivity contribution in [3.8, 4) is 0 Å². The molecule has 2 atom stereocenters. The molecule has 0 aromatic rings. The quantitative estimate of drug-likeness (QED) is 0.576. The summed E-state index contributed by atoms with van der Waals surface area (Å²) < 4.78 is 0. The Morgan fingerprint density at radius 2 is 2.00 bits per heavy atom. The molecule has 0 saturated carbocycles. The van der Waals surface area contributed by atoms with E-state index in [9.17, 15) is 0 Å². The van der Waals surface area contributed by atoms with Gasteiger partial charge in [-0.2, -0.15) is 0 Å². The molecule has 2 unspecified atom stereocenters. The Kier molecular flexibility index (Phi) is 4.50. The predicted octanol–water partition coefficient (Wildman–Crippen LogP) is 1.60. The third-order valence-electron chi connectivity index (χ3n) is 0.987. The molecule has 0 heterocycles. The molecule has 0 spiro atoms.